The maximum atomic E-state index is 12.6. The molecule has 7 nitrogen and oxygen atoms in total. The topological polar surface area (TPSA) is 91.2 Å². The lowest BCUT2D eigenvalue weighted by Crippen LogP contribution is -2.37. The van der Waals surface area contributed by atoms with Crippen molar-refractivity contribution in [2.24, 2.45) is 5.16 Å². The zero-order valence-corrected chi connectivity index (χ0v) is 17.9. The molecule has 0 bridgehead atoms. The van der Waals surface area contributed by atoms with Crippen LogP contribution in [-0.4, -0.2) is 53.8 Å². The molecule has 0 radical (unpaired) electrons. The third-order valence-corrected chi connectivity index (χ3v) is 5.36. The number of carbonyl (C=O) groups is 2. The van der Waals surface area contributed by atoms with Crippen LogP contribution in [0, 0.1) is 0 Å². The Kier molecular flexibility index (Phi) is 8.70. The van der Waals surface area contributed by atoms with Gasteiger partial charge in [-0.15, -0.1) is 0 Å². The molecule has 1 aromatic carbocycles. The summed E-state index contributed by atoms with van der Waals surface area (Å²) in [5.41, 5.74) is 1.73. The van der Waals surface area contributed by atoms with E-state index >= 15 is 0 Å². The third kappa shape index (κ3) is 7.27. The molecule has 0 spiro atoms. The summed E-state index contributed by atoms with van der Waals surface area (Å²) >= 11 is 0. The van der Waals surface area contributed by atoms with Crippen LogP contribution in [0.25, 0.3) is 0 Å². The van der Waals surface area contributed by atoms with Gasteiger partial charge in [-0.1, -0.05) is 23.4 Å². The Morgan fingerprint density at radius 2 is 1.87 bits per heavy atom. The molecule has 7 heteroatoms. The summed E-state index contributed by atoms with van der Waals surface area (Å²) in [6, 6.07) is 4.69. The Hall–Kier alpha value is -3.09. The highest BCUT2D eigenvalue weighted by Gasteiger charge is 2.17. The molecule has 2 heterocycles. The molecule has 0 saturated carbocycles. The number of allylic oxidation sites excluding steroid dienone is 3. The molecule has 0 aromatic heterocycles. The monoisotopic (exact) mass is 425 g/mol. The number of hydrogen-bond donors (Lipinski definition) is 2. The molecular weight excluding hydrogens is 394 g/mol. The number of nitrogens with one attached hydrogen (secondary N) is 1. The van der Waals surface area contributed by atoms with Gasteiger partial charge in [0.2, 0.25) is 0 Å². The molecule has 2 N–H and O–H groups in total. The van der Waals surface area contributed by atoms with Crippen LogP contribution in [0.4, 0.5) is 0 Å². The number of hydrogen-bond acceptors (Lipinski definition) is 5. The Morgan fingerprint density at radius 1 is 1.10 bits per heavy atom. The summed E-state index contributed by atoms with van der Waals surface area (Å²) in [5.74, 6) is -0.165. The number of phenolic OH excluding ortho intramolecular Hbond substituents is 1. The number of fused-ring (bicyclic) bond motifs is 1. The second kappa shape index (κ2) is 11.9. The van der Waals surface area contributed by atoms with Crippen LogP contribution in [0.2, 0.25) is 0 Å². The third-order valence-electron chi connectivity index (χ3n) is 5.36. The number of piperidine rings is 1. The van der Waals surface area contributed by atoms with Crippen molar-refractivity contribution in [1.29, 1.82) is 0 Å². The Morgan fingerprint density at radius 3 is 2.71 bits per heavy atom. The lowest BCUT2D eigenvalue weighted by atomic mass is 10.00. The molecule has 31 heavy (non-hydrogen) atoms. The smallest absolute Gasteiger partial charge is 0.263 e. The molecule has 1 fully saturated rings. The fourth-order valence-electron chi connectivity index (χ4n) is 3.68. The van der Waals surface area contributed by atoms with Crippen LogP contribution in [0.15, 0.2) is 47.7 Å². The molecule has 166 valence electrons. The first-order valence-electron chi connectivity index (χ1n) is 11.0. The Labute approximate surface area is 183 Å². The normalized spacial score (nSPS) is 21.5. The molecule has 0 aliphatic carbocycles. The number of phenols is 1. The summed E-state index contributed by atoms with van der Waals surface area (Å²) in [7, 11) is 0. The van der Waals surface area contributed by atoms with E-state index in [-0.39, 0.29) is 24.2 Å². The van der Waals surface area contributed by atoms with E-state index in [9.17, 15) is 14.7 Å². The first-order chi connectivity index (χ1) is 15.1. The number of nitrogens with zero attached hydrogens (tertiary/aromatic N) is 2. The lowest BCUT2D eigenvalue weighted by molar-refractivity contribution is -0.137. The highest BCUT2D eigenvalue weighted by Crippen LogP contribution is 2.19. The summed E-state index contributed by atoms with van der Waals surface area (Å²) < 4.78 is 0. The van der Waals surface area contributed by atoms with Crippen molar-refractivity contribution in [3.8, 4) is 5.75 Å². The van der Waals surface area contributed by atoms with Gasteiger partial charge in [-0.2, -0.15) is 0 Å². The van der Waals surface area contributed by atoms with Gasteiger partial charge in [0.25, 0.3) is 11.8 Å². The van der Waals surface area contributed by atoms with Gasteiger partial charge >= 0.3 is 0 Å². The van der Waals surface area contributed by atoms with E-state index in [2.05, 4.69) is 22.6 Å². The van der Waals surface area contributed by atoms with Gasteiger partial charge in [-0.05, 0) is 68.4 Å². The van der Waals surface area contributed by atoms with E-state index in [1.54, 1.807) is 12.1 Å². The average molecular weight is 426 g/mol. The van der Waals surface area contributed by atoms with Gasteiger partial charge in [-0.25, -0.2) is 0 Å². The first-order valence-corrected chi connectivity index (χ1v) is 11.0. The van der Waals surface area contributed by atoms with Crippen molar-refractivity contribution in [2.75, 3.05) is 26.2 Å². The predicted molar refractivity (Wildman–Crippen MR) is 120 cm³/mol. The van der Waals surface area contributed by atoms with Crippen LogP contribution in [0.1, 0.15) is 54.4 Å². The Balaban J connectivity index is 1.75. The van der Waals surface area contributed by atoms with Gasteiger partial charge in [0.05, 0.1) is 5.71 Å². The fourth-order valence-corrected chi connectivity index (χ4v) is 3.68. The van der Waals surface area contributed by atoms with Crippen molar-refractivity contribution >= 4 is 17.5 Å². The predicted octanol–water partition coefficient (Wildman–Crippen LogP) is 3.35. The molecule has 2 aliphatic heterocycles. The van der Waals surface area contributed by atoms with E-state index in [0.29, 0.717) is 29.8 Å². The SMILES string of the molecule is O=C1NCC/C=C/CC/C=C/C(=N/OCC(=O)N2CCCCC2)Cc2cc(O)ccc21. The van der Waals surface area contributed by atoms with Crippen molar-refractivity contribution in [2.45, 2.75) is 44.9 Å². The lowest BCUT2D eigenvalue weighted by Gasteiger charge is -2.26. The highest BCUT2D eigenvalue weighted by atomic mass is 16.6. The minimum Gasteiger partial charge on any atom is -0.508 e. The number of benzene rings is 1. The van der Waals surface area contributed by atoms with Gasteiger partial charge < -0.3 is 20.2 Å². The van der Waals surface area contributed by atoms with Crippen LogP contribution < -0.4 is 5.32 Å². The fraction of sp³-hybridized carbons (Fsp3) is 0.458. The van der Waals surface area contributed by atoms with Crippen LogP contribution >= 0.6 is 0 Å². The van der Waals surface area contributed by atoms with E-state index in [4.69, 9.17) is 4.84 Å². The van der Waals surface area contributed by atoms with Crippen LogP contribution in [-0.2, 0) is 16.1 Å². The molecular formula is C24H31N3O4. The summed E-state index contributed by atoms with van der Waals surface area (Å²) in [4.78, 5) is 32.2. The number of likely N-dealkylation sites (tertiary alicyclic amines) is 1. The van der Waals surface area contributed by atoms with E-state index in [1.165, 1.54) is 6.07 Å². The van der Waals surface area contributed by atoms with Crippen LogP contribution in [0.3, 0.4) is 0 Å². The van der Waals surface area contributed by atoms with Gasteiger partial charge in [-0.3, -0.25) is 9.59 Å². The van der Waals surface area contributed by atoms with E-state index < -0.39 is 0 Å². The second-order valence-corrected chi connectivity index (χ2v) is 7.81. The van der Waals surface area contributed by atoms with Crippen LogP contribution in [0.5, 0.6) is 5.75 Å². The summed E-state index contributed by atoms with van der Waals surface area (Å²) in [5, 5.41) is 17.0. The molecule has 1 aromatic rings. The highest BCUT2D eigenvalue weighted by molar-refractivity contribution is 6.01. The van der Waals surface area contributed by atoms with Crippen molar-refractivity contribution in [3.63, 3.8) is 0 Å². The number of oxime groups is 1. The molecule has 2 amide bonds. The summed E-state index contributed by atoms with van der Waals surface area (Å²) in [6.45, 7) is 1.99. The van der Waals surface area contributed by atoms with Crippen molar-refractivity contribution < 1.29 is 19.5 Å². The van der Waals surface area contributed by atoms with Crippen molar-refractivity contribution in [1.82, 2.24) is 10.2 Å². The van der Waals surface area contributed by atoms with Gasteiger partial charge in [0.15, 0.2) is 6.61 Å². The quantitative estimate of drug-likeness (QED) is 0.574. The van der Waals surface area contributed by atoms with Gasteiger partial charge in [0, 0.05) is 31.6 Å². The maximum Gasteiger partial charge on any atom is 0.263 e. The Bertz CT molecular complexity index is 854. The first kappa shape index (κ1) is 22.6. The number of rotatable bonds is 3. The largest absolute Gasteiger partial charge is 0.508 e. The van der Waals surface area contributed by atoms with Gasteiger partial charge in [0.1, 0.15) is 5.75 Å². The number of aromatic hydroxyl groups is 1. The summed E-state index contributed by atoms with van der Waals surface area (Å²) in [6.07, 6.45) is 14.1. The van der Waals surface area contributed by atoms with E-state index in [0.717, 1.165) is 51.6 Å². The standard InChI is InChI=1S/C24H31N3O4/c28-21-11-12-22-19(17-21)16-20(10-6-3-1-2-4-7-13-25-24(22)30)26-31-18-23(29)27-14-8-5-9-15-27/h2,4,6,10-12,17,28H,1,3,5,7-9,13-16,18H2,(H,25,30)/b4-2+,10-6+,26-20-. The molecule has 3 rings (SSSR count). The van der Waals surface area contributed by atoms with Crippen molar-refractivity contribution in [3.05, 3.63) is 53.6 Å². The number of carbonyl (C=O) groups excluding carboxylic acids is 2. The molecule has 2 aliphatic rings. The number of amides is 2. The maximum absolute atomic E-state index is 12.6. The molecule has 0 unspecified atom stereocenters. The second-order valence-electron chi connectivity index (χ2n) is 7.81. The zero-order chi connectivity index (χ0) is 21.9. The van der Waals surface area contributed by atoms with E-state index in [1.807, 2.05) is 17.1 Å². The minimum absolute atomic E-state index is 0.0588. The average Bonchev–Trinajstić information content (AvgIpc) is 2.77. The minimum atomic E-state index is -0.190. The zero-order valence-electron chi connectivity index (χ0n) is 17.9. The molecule has 0 atom stereocenters. The molecule has 1 saturated heterocycles.